The number of nitrogens with one attached hydrogen (secondary N) is 3. The number of fused-ring (bicyclic) bond motifs is 1. The van der Waals surface area contributed by atoms with Gasteiger partial charge in [0, 0.05) is 63.8 Å². The molecule has 0 aromatic carbocycles. The summed E-state index contributed by atoms with van der Waals surface area (Å²) in [5.74, 6) is 3.29. The van der Waals surface area contributed by atoms with Gasteiger partial charge in [-0.25, -0.2) is 14.6 Å². The zero-order valence-corrected chi connectivity index (χ0v) is 25.6. The Morgan fingerprint density at radius 1 is 1.05 bits per heavy atom. The number of amides is 1. The van der Waals surface area contributed by atoms with Crippen molar-refractivity contribution in [3.05, 3.63) is 24.5 Å². The van der Waals surface area contributed by atoms with Gasteiger partial charge >= 0.3 is 0 Å². The van der Waals surface area contributed by atoms with Gasteiger partial charge in [-0.2, -0.15) is 10.1 Å². The molecule has 3 aliphatic heterocycles. The van der Waals surface area contributed by atoms with Gasteiger partial charge in [0.05, 0.1) is 22.9 Å². The fourth-order valence-electron chi connectivity index (χ4n) is 6.18. The molecule has 3 N–H and O–H groups in total. The molecule has 3 aliphatic rings. The first-order chi connectivity index (χ1) is 20.0. The second kappa shape index (κ2) is 13.4. The van der Waals surface area contributed by atoms with Crippen molar-refractivity contribution in [2.24, 2.45) is 5.92 Å². The lowest BCUT2D eigenvalue weighted by molar-refractivity contribution is -0.125. The highest BCUT2D eigenvalue weighted by Gasteiger charge is 2.33. The van der Waals surface area contributed by atoms with E-state index >= 15 is 0 Å². The summed E-state index contributed by atoms with van der Waals surface area (Å²) in [5, 5.41) is 16.0. The Bertz CT molecular complexity index is 1350. The van der Waals surface area contributed by atoms with E-state index < -0.39 is 0 Å². The summed E-state index contributed by atoms with van der Waals surface area (Å²) >= 11 is 0. The molecular formula is C29H43ClN10O2. The SMILES string of the molecule is COC1CCN(c2nccc(Nc3cc4nn(C(C)C)c(N5CCC(C(=O)NC6CCNCC6)C5)c4cn3)n2)CC1.Cl. The van der Waals surface area contributed by atoms with Crippen LogP contribution in [0.1, 0.15) is 52.0 Å². The predicted octanol–water partition coefficient (Wildman–Crippen LogP) is 3.28. The second-order valence-electron chi connectivity index (χ2n) is 11.7. The van der Waals surface area contributed by atoms with Crippen molar-refractivity contribution >= 4 is 52.6 Å². The van der Waals surface area contributed by atoms with E-state index in [0.717, 1.165) is 81.5 Å². The summed E-state index contributed by atoms with van der Waals surface area (Å²) < 4.78 is 7.56. The highest BCUT2D eigenvalue weighted by Crippen LogP contribution is 2.34. The Morgan fingerprint density at radius 3 is 2.55 bits per heavy atom. The number of anilines is 4. The highest BCUT2D eigenvalue weighted by atomic mass is 35.5. The van der Waals surface area contributed by atoms with E-state index in [2.05, 4.69) is 49.3 Å². The molecule has 1 atom stereocenters. The fourth-order valence-corrected chi connectivity index (χ4v) is 6.18. The van der Waals surface area contributed by atoms with Crippen molar-refractivity contribution in [3.63, 3.8) is 0 Å². The number of methoxy groups -OCH3 is 1. The van der Waals surface area contributed by atoms with Crippen molar-refractivity contribution in [2.75, 3.05) is 61.5 Å². The number of piperidine rings is 2. The zero-order valence-electron chi connectivity index (χ0n) is 24.8. The average molecular weight is 599 g/mol. The van der Waals surface area contributed by atoms with E-state index in [4.69, 9.17) is 19.8 Å². The van der Waals surface area contributed by atoms with Gasteiger partial charge in [-0.3, -0.25) is 4.79 Å². The molecule has 0 saturated carbocycles. The Labute approximate surface area is 253 Å². The van der Waals surface area contributed by atoms with E-state index in [1.807, 2.05) is 18.3 Å². The van der Waals surface area contributed by atoms with Crippen LogP contribution in [-0.4, -0.2) is 89.2 Å². The van der Waals surface area contributed by atoms with Gasteiger partial charge in [0.2, 0.25) is 11.9 Å². The van der Waals surface area contributed by atoms with Gasteiger partial charge in [-0.1, -0.05) is 0 Å². The first kappa shape index (κ1) is 30.2. The van der Waals surface area contributed by atoms with Crippen molar-refractivity contribution in [2.45, 2.75) is 64.1 Å². The van der Waals surface area contributed by atoms with E-state index in [0.29, 0.717) is 30.2 Å². The quantitative estimate of drug-likeness (QED) is 0.356. The third-order valence-corrected chi connectivity index (χ3v) is 8.55. The number of hydrogen-bond acceptors (Lipinski definition) is 10. The van der Waals surface area contributed by atoms with Gasteiger partial charge in [-0.05, 0) is 65.1 Å². The lowest BCUT2D eigenvalue weighted by Crippen LogP contribution is -2.45. The summed E-state index contributed by atoms with van der Waals surface area (Å²) in [6.45, 7) is 9.47. The molecule has 3 aromatic rings. The Morgan fingerprint density at radius 2 is 1.81 bits per heavy atom. The molecule has 1 amide bonds. The molecule has 3 saturated heterocycles. The minimum absolute atomic E-state index is 0. The summed E-state index contributed by atoms with van der Waals surface area (Å²) in [4.78, 5) is 31.5. The lowest BCUT2D eigenvalue weighted by Gasteiger charge is -2.31. The number of hydrogen-bond donors (Lipinski definition) is 3. The van der Waals surface area contributed by atoms with E-state index in [1.165, 1.54) is 0 Å². The first-order valence-electron chi connectivity index (χ1n) is 15.0. The van der Waals surface area contributed by atoms with Gasteiger partial charge in [0.15, 0.2) is 0 Å². The molecule has 0 spiro atoms. The molecule has 3 fully saturated rings. The average Bonchev–Trinajstić information content (AvgIpc) is 3.63. The number of rotatable bonds is 8. The number of aromatic nitrogens is 5. The zero-order chi connectivity index (χ0) is 28.3. The van der Waals surface area contributed by atoms with E-state index in [1.54, 1.807) is 13.3 Å². The molecule has 228 valence electrons. The van der Waals surface area contributed by atoms with Crippen LogP contribution in [0.3, 0.4) is 0 Å². The maximum Gasteiger partial charge on any atom is 0.227 e. The van der Waals surface area contributed by atoms with Crippen LogP contribution in [-0.2, 0) is 9.53 Å². The van der Waals surface area contributed by atoms with Crippen LogP contribution in [0.4, 0.5) is 23.4 Å². The third kappa shape index (κ3) is 6.55. The van der Waals surface area contributed by atoms with Crippen molar-refractivity contribution in [1.29, 1.82) is 0 Å². The van der Waals surface area contributed by atoms with Gasteiger partial charge in [0.1, 0.15) is 17.5 Å². The smallest absolute Gasteiger partial charge is 0.227 e. The minimum Gasteiger partial charge on any atom is -0.381 e. The molecule has 6 heterocycles. The molecule has 13 heteroatoms. The number of carbonyl (C=O) groups is 1. The molecule has 1 unspecified atom stereocenters. The van der Waals surface area contributed by atoms with Crippen LogP contribution in [0.2, 0.25) is 0 Å². The van der Waals surface area contributed by atoms with Gasteiger partial charge < -0.3 is 30.5 Å². The monoisotopic (exact) mass is 598 g/mol. The molecule has 0 aliphatic carbocycles. The minimum atomic E-state index is -0.0170. The summed E-state index contributed by atoms with van der Waals surface area (Å²) in [7, 11) is 1.77. The normalized spacial score (nSPS) is 20.2. The maximum absolute atomic E-state index is 13.1. The summed E-state index contributed by atoms with van der Waals surface area (Å²) in [5.41, 5.74) is 0.865. The Kier molecular flexibility index (Phi) is 9.64. The maximum atomic E-state index is 13.1. The van der Waals surface area contributed by atoms with Crippen molar-refractivity contribution in [1.82, 2.24) is 35.4 Å². The highest BCUT2D eigenvalue weighted by molar-refractivity contribution is 5.92. The number of nitrogens with zero attached hydrogens (tertiary/aromatic N) is 7. The molecule has 12 nitrogen and oxygen atoms in total. The van der Waals surface area contributed by atoms with Crippen LogP contribution in [0.5, 0.6) is 0 Å². The van der Waals surface area contributed by atoms with E-state index in [-0.39, 0.29) is 36.3 Å². The summed E-state index contributed by atoms with van der Waals surface area (Å²) in [6.07, 6.45) is 8.75. The largest absolute Gasteiger partial charge is 0.381 e. The van der Waals surface area contributed by atoms with Crippen LogP contribution in [0, 0.1) is 5.92 Å². The topological polar surface area (TPSA) is 125 Å². The van der Waals surface area contributed by atoms with Crippen LogP contribution < -0.4 is 25.8 Å². The molecule has 0 radical (unpaired) electrons. The molecular weight excluding hydrogens is 556 g/mol. The summed E-state index contributed by atoms with van der Waals surface area (Å²) in [6, 6.07) is 4.28. The standard InChI is InChI=1S/C29H42N10O2.ClH/c1-19(2)39-28(38-13-7-20(18-38)27(40)33-21-4-10-30-11-5-21)23-17-32-26(16-24(23)36-39)34-25-6-12-31-29(35-25)37-14-8-22(41-3)9-15-37;/h6,12,16-17,19-22,30H,4-5,7-11,13-15,18H2,1-3H3,(H,33,40)(H,31,34,35);1H. The van der Waals surface area contributed by atoms with Gasteiger partial charge in [-0.15, -0.1) is 12.4 Å². The second-order valence-corrected chi connectivity index (χ2v) is 11.7. The van der Waals surface area contributed by atoms with E-state index in [9.17, 15) is 4.79 Å². The van der Waals surface area contributed by atoms with Crippen molar-refractivity contribution in [3.8, 4) is 0 Å². The first-order valence-corrected chi connectivity index (χ1v) is 15.0. The predicted molar refractivity (Wildman–Crippen MR) is 167 cm³/mol. The Hall–Kier alpha value is -3.22. The number of pyridine rings is 1. The third-order valence-electron chi connectivity index (χ3n) is 8.55. The van der Waals surface area contributed by atoms with Gasteiger partial charge in [0.25, 0.3) is 0 Å². The van der Waals surface area contributed by atoms with Crippen LogP contribution in [0.15, 0.2) is 24.5 Å². The number of carbonyl (C=O) groups excluding carboxylic acids is 1. The number of ether oxygens (including phenoxy) is 1. The van der Waals surface area contributed by atoms with Crippen LogP contribution in [0.25, 0.3) is 10.9 Å². The molecule has 42 heavy (non-hydrogen) atoms. The molecule has 6 rings (SSSR count). The molecule has 3 aromatic heterocycles. The van der Waals surface area contributed by atoms with Crippen LogP contribution >= 0.6 is 12.4 Å². The fraction of sp³-hybridized carbons (Fsp3) is 0.621. The van der Waals surface area contributed by atoms with Crippen molar-refractivity contribution < 1.29 is 9.53 Å². The molecule has 0 bridgehead atoms. The lowest BCUT2D eigenvalue weighted by atomic mass is 10.0. The number of halogens is 1. The Balaban J connectivity index is 0.00000353.